The number of hydrogen-bond donors (Lipinski definition) is 1. The number of anilines is 2. The number of rotatable bonds is 5. The second kappa shape index (κ2) is 10.4. The zero-order valence-corrected chi connectivity index (χ0v) is 18.4. The first-order valence-corrected chi connectivity index (χ1v) is 11.3. The largest absolute Gasteiger partial charge is 0.445 e. The minimum absolute atomic E-state index is 0.0156. The number of carbonyl (C=O) groups is 1. The van der Waals surface area contributed by atoms with Gasteiger partial charge in [0.25, 0.3) is 0 Å². The molecule has 1 aliphatic carbocycles. The van der Waals surface area contributed by atoms with E-state index in [4.69, 9.17) is 15.7 Å². The SMILES string of the molecule is N#Cc1ccc(-c2cc(N3CCCC(CC=NC(=O)OC4CCCC4)C3)nc(N)n2)cc1F. The fourth-order valence-electron chi connectivity index (χ4n) is 4.45. The molecule has 0 bridgehead atoms. The minimum atomic E-state index is -0.600. The van der Waals surface area contributed by atoms with Gasteiger partial charge in [-0.15, -0.1) is 0 Å². The molecule has 2 fully saturated rings. The van der Waals surface area contributed by atoms with Gasteiger partial charge in [0.15, 0.2) is 0 Å². The number of nitrogen functional groups attached to an aromatic ring is 1. The van der Waals surface area contributed by atoms with Crippen molar-refractivity contribution in [3.63, 3.8) is 0 Å². The van der Waals surface area contributed by atoms with Gasteiger partial charge in [-0.2, -0.15) is 15.2 Å². The van der Waals surface area contributed by atoms with Crippen molar-refractivity contribution in [3.05, 3.63) is 35.6 Å². The molecule has 8 nitrogen and oxygen atoms in total. The van der Waals surface area contributed by atoms with Crippen molar-refractivity contribution >= 4 is 24.1 Å². The number of nitrogens with zero attached hydrogens (tertiary/aromatic N) is 5. The van der Waals surface area contributed by atoms with E-state index in [-0.39, 0.29) is 17.6 Å². The summed E-state index contributed by atoms with van der Waals surface area (Å²) in [5.41, 5.74) is 6.96. The molecule has 2 aromatic rings. The first kappa shape index (κ1) is 22.6. The third kappa shape index (κ3) is 5.83. The van der Waals surface area contributed by atoms with E-state index >= 15 is 0 Å². The first-order valence-electron chi connectivity index (χ1n) is 11.3. The Bertz CT molecular complexity index is 1080. The van der Waals surface area contributed by atoms with Crippen LogP contribution in [0.3, 0.4) is 0 Å². The lowest BCUT2D eigenvalue weighted by Gasteiger charge is -2.33. The van der Waals surface area contributed by atoms with Crippen LogP contribution in [0.2, 0.25) is 0 Å². The Morgan fingerprint density at radius 3 is 2.85 bits per heavy atom. The Morgan fingerprint density at radius 1 is 1.27 bits per heavy atom. The number of ether oxygens (including phenoxy) is 1. The van der Waals surface area contributed by atoms with E-state index in [1.54, 1.807) is 18.3 Å². The van der Waals surface area contributed by atoms with Crippen LogP contribution in [-0.2, 0) is 4.74 Å². The molecular formula is C24H27FN6O2. The number of aromatic nitrogens is 2. The average molecular weight is 451 g/mol. The molecule has 1 unspecified atom stereocenters. The number of amides is 1. The Labute approximate surface area is 192 Å². The van der Waals surface area contributed by atoms with E-state index in [0.29, 0.717) is 29.4 Å². The number of carbonyl (C=O) groups excluding carboxylic acids is 1. The highest BCUT2D eigenvalue weighted by Gasteiger charge is 2.22. The third-order valence-electron chi connectivity index (χ3n) is 6.16. The summed E-state index contributed by atoms with van der Waals surface area (Å²) in [6.45, 7) is 1.55. The second-order valence-electron chi connectivity index (χ2n) is 8.57. The molecule has 172 valence electrons. The molecule has 0 spiro atoms. The highest BCUT2D eigenvalue weighted by molar-refractivity contribution is 5.79. The minimum Gasteiger partial charge on any atom is -0.445 e. The molecule has 9 heteroatoms. The van der Waals surface area contributed by atoms with Crippen molar-refractivity contribution in [1.29, 1.82) is 5.26 Å². The third-order valence-corrected chi connectivity index (χ3v) is 6.16. The Balaban J connectivity index is 1.40. The lowest BCUT2D eigenvalue weighted by Crippen LogP contribution is -2.36. The van der Waals surface area contributed by atoms with E-state index in [1.165, 1.54) is 12.1 Å². The summed E-state index contributed by atoms with van der Waals surface area (Å²) in [5.74, 6) is 0.487. The van der Waals surface area contributed by atoms with Crippen LogP contribution in [0, 0.1) is 23.1 Å². The normalized spacial score (nSPS) is 19.0. The van der Waals surface area contributed by atoms with E-state index in [0.717, 1.165) is 51.6 Å². The maximum absolute atomic E-state index is 14.1. The molecule has 2 aliphatic rings. The van der Waals surface area contributed by atoms with Gasteiger partial charge in [0, 0.05) is 30.9 Å². The van der Waals surface area contributed by atoms with Gasteiger partial charge in [0.1, 0.15) is 23.8 Å². The van der Waals surface area contributed by atoms with Gasteiger partial charge in [0.2, 0.25) is 5.95 Å². The predicted octanol–water partition coefficient (Wildman–Crippen LogP) is 4.49. The van der Waals surface area contributed by atoms with E-state index < -0.39 is 11.9 Å². The Kier molecular flexibility index (Phi) is 7.13. The van der Waals surface area contributed by atoms with E-state index in [1.807, 2.05) is 6.07 Å². The zero-order valence-electron chi connectivity index (χ0n) is 18.4. The van der Waals surface area contributed by atoms with Gasteiger partial charge in [-0.25, -0.2) is 14.2 Å². The summed E-state index contributed by atoms with van der Waals surface area (Å²) in [4.78, 5) is 26.6. The standard InChI is InChI=1S/C24H27FN6O2/c25-20-12-17(7-8-18(20)14-26)21-13-22(30-23(27)29-21)31-11-3-4-16(15-31)9-10-28-24(32)33-19-5-1-2-6-19/h7-8,10,12-13,16,19H,1-6,9,11,15H2,(H2,27,29,30). The maximum atomic E-state index is 14.1. The summed E-state index contributed by atoms with van der Waals surface area (Å²) in [6.07, 6.45) is 7.90. The second-order valence-corrected chi connectivity index (χ2v) is 8.57. The molecule has 4 rings (SSSR count). The van der Waals surface area contributed by atoms with Gasteiger partial charge < -0.3 is 15.4 Å². The van der Waals surface area contributed by atoms with Gasteiger partial charge in [-0.1, -0.05) is 6.07 Å². The number of aliphatic imine (C=N–C) groups is 1. The molecule has 1 atom stereocenters. The van der Waals surface area contributed by atoms with Gasteiger partial charge in [-0.05, 0) is 63.0 Å². The summed E-state index contributed by atoms with van der Waals surface area (Å²) >= 11 is 0. The molecule has 0 radical (unpaired) electrons. The van der Waals surface area contributed by atoms with Crippen LogP contribution in [0.15, 0.2) is 29.3 Å². The molecule has 1 aromatic carbocycles. The molecule has 1 aromatic heterocycles. The fraction of sp³-hybridized carbons (Fsp3) is 0.458. The molecule has 1 saturated heterocycles. The van der Waals surface area contributed by atoms with E-state index in [9.17, 15) is 9.18 Å². The predicted molar refractivity (Wildman–Crippen MR) is 123 cm³/mol. The van der Waals surface area contributed by atoms with Crippen molar-refractivity contribution in [2.24, 2.45) is 10.9 Å². The lowest BCUT2D eigenvalue weighted by atomic mass is 9.95. The molecule has 2 N–H and O–H groups in total. The number of hydrogen-bond acceptors (Lipinski definition) is 7. The summed E-state index contributed by atoms with van der Waals surface area (Å²) in [6, 6.07) is 7.95. The van der Waals surface area contributed by atoms with Crippen molar-refractivity contribution in [3.8, 4) is 17.3 Å². The zero-order chi connectivity index (χ0) is 23.2. The smallest absolute Gasteiger partial charge is 0.433 e. The molecule has 33 heavy (non-hydrogen) atoms. The van der Waals surface area contributed by atoms with Crippen LogP contribution in [-0.4, -0.2) is 41.5 Å². The number of nitriles is 1. The van der Waals surface area contributed by atoms with Crippen LogP contribution >= 0.6 is 0 Å². The number of nitrogens with two attached hydrogens (primary N) is 1. The number of benzene rings is 1. The van der Waals surface area contributed by atoms with Crippen LogP contribution < -0.4 is 10.6 Å². The topological polar surface area (TPSA) is 117 Å². The first-order chi connectivity index (χ1) is 16.0. The summed E-state index contributed by atoms with van der Waals surface area (Å²) in [5, 5.41) is 8.94. The van der Waals surface area contributed by atoms with Gasteiger partial charge >= 0.3 is 6.09 Å². The fourth-order valence-corrected chi connectivity index (χ4v) is 4.45. The van der Waals surface area contributed by atoms with Crippen molar-refractivity contribution < 1.29 is 13.9 Å². The van der Waals surface area contributed by atoms with Gasteiger partial charge in [-0.3, -0.25) is 0 Å². The van der Waals surface area contributed by atoms with Crippen LogP contribution in [0.1, 0.15) is 50.5 Å². The molecular weight excluding hydrogens is 423 g/mol. The quantitative estimate of drug-likeness (QED) is 0.667. The molecule has 2 heterocycles. The van der Waals surface area contributed by atoms with Crippen molar-refractivity contribution in [2.45, 2.75) is 51.0 Å². The highest BCUT2D eigenvalue weighted by atomic mass is 19.1. The van der Waals surface area contributed by atoms with E-state index in [2.05, 4.69) is 19.9 Å². The molecule has 1 amide bonds. The summed E-state index contributed by atoms with van der Waals surface area (Å²) < 4.78 is 19.4. The van der Waals surface area contributed by atoms with Gasteiger partial charge in [0.05, 0.1) is 11.3 Å². The molecule has 1 saturated carbocycles. The van der Waals surface area contributed by atoms with Crippen molar-refractivity contribution in [2.75, 3.05) is 23.7 Å². The number of halogens is 1. The van der Waals surface area contributed by atoms with Crippen LogP contribution in [0.25, 0.3) is 11.3 Å². The lowest BCUT2D eigenvalue weighted by molar-refractivity contribution is 0.111. The molecule has 1 aliphatic heterocycles. The van der Waals surface area contributed by atoms with Crippen LogP contribution in [0.4, 0.5) is 21.0 Å². The average Bonchev–Trinajstić information content (AvgIpc) is 3.32. The van der Waals surface area contributed by atoms with Crippen molar-refractivity contribution in [1.82, 2.24) is 9.97 Å². The Morgan fingerprint density at radius 2 is 2.09 bits per heavy atom. The van der Waals surface area contributed by atoms with Crippen LogP contribution in [0.5, 0.6) is 0 Å². The summed E-state index contributed by atoms with van der Waals surface area (Å²) in [7, 11) is 0. The number of piperidine rings is 1. The highest BCUT2D eigenvalue weighted by Crippen LogP contribution is 2.28. The Hall–Kier alpha value is -3.54. The monoisotopic (exact) mass is 450 g/mol. The maximum Gasteiger partial charge on any atom is 0.433 e.